The molecule has 0 atom stereocenters. The number of hydrogen-bond acceptors (Lipinski definition) is 3. The van der Waals surface area contributed by atoms with Crippen LogP contribution in [0.2, 0.25) is 0 Å². The zero-order valence-corrected chi connectivity index (χ0v) is 10.8. The van der Waals surface area contributed by atoms with Gasteiger partial charge in [-0.05, 0) is 11.8 Å². The number of aromatic nitrogens is 2. The Balaban J connectivity index is 2.10. The van der Waals surface area contributed by atoms with E-state index in [0.29, 0.717) is 0 Å². The summed E-state index contributed by atoms with van der Waals surface area (Å²) in [6.07, 6.45) is 3.93. The van der Waals surface area contributed by atoms with Gasteiger partial charge in [-0.15, -0.1) is 0 Å². The molecule has 0 aliphatic rings. The molecule has 3 nitrogen and oxygen atoms in total. The normalized spacial score (nSPS) is 10.6. The molecule has 0 radical (unpaired) electrons. The molecule has 0 bridgehead atoms. The van der Waals surface area contributed by atoms with Gasteiger partial charge in [0.1, 0.15) is 0 Å². The lowest BCUT2D eigenvalue weighted by molar-refractivity contribution is 0.666. The zero-order valence-electron chi connectivity index (χ0n) is 9.97. The molecule has 0 aliphatic carbocycles. The van der Waals surface area contributed by atoms with Crippen molar-refractivity contribution in [2.75, 3.05) is 17.2 Å². The number of nitrogens with two attached hydrogens (primary N) is 1. The summed E-state index contributed by atoms with van der Waals surface area (Å²) in [7, 11) is 0. The van der Waals surface area contributed by atoms with E-state index in [1.165, 1.54) is 0 Å². The van der Waals surface area contributed by atoms with Crippen LogP contribution in [0.5, 0.6) is 0 Å². The summed E-state index contributed by atoms with van der Waals surface area (Å²) in [6.45, 7) is 3.12. The van der Waals surface area contributed by atoms with Crippen molar-refractivity contribution in [3.8, 4) is 11.1 Å². The topological polar surface area (TPSA) is 43.8 Å². The number of nitrogen functional groups attached to an aromatic ring is 1. The minimum Gasteiger partial charge on any atom is -0.398 e. The highest BCUT2D eigenvalue weighted by Crippen LogP contribution is 2.24. The Morgan fingerprint density at radius 1 is 1.35 bits per heavy atom. The third-order valence-corrected chi connectivity index (χ3v) is 3.45. The van der Waals surface area contributed by atoms with Gasteiger partial charge in [-0.25, -0.2) is 0 Å². The fraction of sp³-hybridized carbons (Fsp3) is 0.308. The van der Waals surface area contributed by atoms with Crippen LogP contribution in [0.3, 0.4) is 0 Å². The zero-order chi connectivity index (χ0) is 12.1. The molecule has 1 heterocycles. The predicted molar refractivity (Wildman–Crippen MR) is 75.1 cm³/mol. The van der Waals surface area contributed by atoms with Crippen molar-refractivity contribution in [3.63, 3.8) is 0 Å². The maximum Gasteiger partial charge on any atom is 0.0569 e. The predicted octanol–water partition coefficient (Wildman–Crippen LogP) is 2.89. The molecular formula is C13H17N3S. The Morgan fingerprint density at radius 2 is 2.18 bits per heavy atom. The second-order valence-electron chi connectivity index (χ2n) is 3.78. The first-order chi connectivity index (χ1) is 8.31. The lowest BCUT2D eigenvalue weighted by Crippen LogP contribution is -2.00. The number of nitrogens with zero attached hydrogens (tertiary/aromatic N) is 2. The summed E-state index contributed by atoms with van der Waals surface area (Å²) in [5, 5.41) is 4.35. The summed E-state index contributed by atoms with van der Waals surface area (Å²) in [6, 6.07) is 7.88. The van der Waals surface area contributed by atoms with E-state index in [2.05, 4.69) is 18.2 Å². The molecule has 0 amide bonds. The van der Waals surface area contributed by atoms with E-state index in [1.807, 2.05) is 46.9 Å². The Hall–Kier alpha value is -1.42. The van der Waals surface area contributed by atoms with Gasteiger partial charge >= 0.3 is 0 Å². The van der Waals surface area contributed by atoms with Gasteiger partial charge < -0.3 is 5.73 Å². The van der Waals surface area contributed by atoms with Crippen LogP contribution in [0.1, 0.15) is 6.92 Å². The number of aryl methyl sites for hydroxylation is 1. The highest BCUT2D eigenvalue weighted by Gasteiger charge is 2.04. The van der Waals surface area contributed by atoms with Crippen LogP contribution in [-0.2, 0) is 6.54 Å². The monoisotopic (exact) mass is 247 g/mol. The van der Waals surface area contributed by atoms with Crippen molar-refractivity contribution in [1.29, 1.82) is 0 Å². The van der Waals surface area contributed by atoms with Gasteiger partial charge in [0.15, 0.2) is 0 Å². The van der Waals surface area contributed by atoms with Gasteiger partial charge in [-0.3, -0.25) is 4.68 Å². The third kappa shape index (κ3) is 3.03. The first-order valence-corrected chi connectivity index (χ1v) is 6.92. The second-order valence-corrected chi connectivity index (χ2v) is 5.17. The van der Waals surface area contributed by atoms with E-state index in [1.54, 1.807) is 0 Å². The van der Waals surface area contributed by atoms with E-state index in [9.17, 15) is 0 Å². The van der Waals surface area contributed by atoms with Gasteiger partial charge in [0.05, 0.1) is 6.20 Å². The van der Waals surface area contributed by atoms with E-state index in [0.717, 1.165) is 34.9 Å². The number of hydrogen-bond donors (Lipinski definition) is 1. The van der Waals surface area contributed by atoms with Gasteiger partial charge in [0.25, 0.3) is 0 Å². The van der Waals surface area contributed by atoms with E-state index < -0.39 is 0 Å². The number of para-hydroxylation sites is 1. The Bertz CT molecular complexity index is 479. The molecule has 0 fully saturated rings. The molecule has 0 saturated carbocycles. The first-order valence-electron chi connectivity index (χ1n) is 5.76. The van der Waals surface area contributed by atoms with Crippen molar-refractivity contribution in [2.24, 2.45) is 0 Å². The molecule has 2 aromatic rings. The molecule has 1 aromatic heterocycles. The molecule has 1 aromatic carbocycles. The van der Waals surface area contributed by atoms with E-state index in [4.69, 9.17) is 5.73 Å². The standard InChI is InChI=1S/C13H17N3S/c1-2-17-8-7-16-10-11(9-15-16)12-5-3-4-6-13(12)14/h3-6,9-10H,2,7-8,14H2,1H3. The Kier molecular flexibility index (Phi) is 4.09. The number of benzene rings is 1. The van der Waals surface area contributed by atoms with Crippen molar-refractivity contribution in [3.05, 3.63) is 36.7 Å². The van der Waals surface area contributed by atoms with Gasteiger partial charge in [-0.1, -0.05) is 25.1 Å². The largest absolute Gasteiger partial charge is 0.398 e. The third-order valence-electron chi connectivity index (χ3n) is 2.57. The summed E-state index contributed by atoms with van der Waals surface area (Å²) in [5.41, 5.74) is 8.89. The van der Waals surface area contributed by atoms with E-state index in [-0.39, 0.29) is 0 Å². The van der Waals surface area contributed by atoms with Crippen molar-refractivity contribution in [2.45, 2.75) is 13.5 Å². The summed E-state index contributed by atoms with van der Waals surface area (Å²) in [5.74, 6) is 2.25. The molecule has 0 unspecified atom stereocenters. The van der Waals surface area contributed by atoms with Crippen LogP contribution in [0.15, 0.2) is 36.7 Å². The van der Waals surface area contributed by atoms with Crippen LogP contribution in [0.25, 0.3) is 11.1 Å². The molecule has 0 aliphatic heterocycles. The Labute approximate surface area is 106 Å². The Morgan fingerprint density at radius 3 is 2.94 bits per heavy atom. The molecule has 4 heteroatoms. The molecule has 90 valence electrons. The maximum absolute atomic E-state index is 5.94. The minimum atomic E-state index is 0.801. The quantitative estimate of drug-likeness (QED) is 0.652. The molecule has 0 saturated heterocycles. The van der Waals surface area contributed by atoms with Crippen molar-refractivity contribution >= 4 is 17.4 Å². The van der Waals surface area contributed by atoms with Gasteiger partial charge in [0, 0.05) is 35.3 Å². The van der Waals surface area contributed by atoms with Crippen molar-refractivity contribution < 1.29 is 0 Å². The highest BCUT2D eigenvalue weighted by molar-refractivity contribution is 7.99. The lowest BCUT2D eigenvalue weighted by Gasteiger charge is -2.02. The number of rotatable bonds is 5. The molecular weight excluding hydrogens is 230 g/mol. The van der Waals surface area contributed by atoms with Crippen LogP contribution in [-0.4, -0.2) is 21.3 Å². The van der Waals surface area contributed by atoms with Crippen molar-refractivity contribution in [1.82, 2.24) is 9.78 Å². The fourth-order valence-corrected chi connectivity index (χ4v) is 2.29. The van der Waals surface area contributed by atoms with Crippen LogP contribution in [0.4, 0.5) is 5.69 Å². The van der Waals surface area contributed by atoms with Crippen LogP contribution in [0, 0.1) is 0 Å². The average Bonchev–Trinajstić information content (AvgIpc) is 2.79. The average molecular weight is 247 g/mol. The summed E-state index contributed by atoms with van der Waals surface area (Å²) in [4.78, 5) is 0. The number of anilines is 1. The summed E-state index contributed by atoms with van der Waals surface area (Å²) < 4.78 is 1.98. The number of thioether (sulfide) groups is 1. The van der Waals surface area contributed by atoms with E-state index >= 15 is 0 Å². The molecule has 17 heavy (non-hydrogen) atoms. The lowest BCUT2D eigenvalue weighted by atomic mass is 10.1. The summed E-state index contributed by atoms with van der Waals surface area (Å²) >= 11 is 1.93. The molecule has 0 spiro atoms. The fourth-order valence-electron chi connectivity index (χ4n) is 1.69. The highest BCUT2D eigenvalue weighted by atomic mass is 32.2. The van der Waals surface area contributed by atoms with Gasteiger partial charge in [0.2, 0.25) is 0 Å². The smallest absolute Gasteiger partial charge is 0.0569 e. The minimum absolute atomic E-state index is 0.801. The SMILES string of the molecule is CCSCCn1cc(-c2ccccc2N)cn1. The van der Waals surface area contributed by atoms with Crippen LogP contribution < -0.4 is 5.73 Å². The van der Waals surface area contributed by atoms with Crippen LogP contribution >= 0.6 is 11.8 Å². The maximum atomic E-state index is 5.94. The molecule has 2 N–H and O–H groups in total. The first kappa shape index (κ1) is 12.0. The molecule has 2 rings (SSSR count). The van der Waals surface area contributed by atoms with Gasteiger partial charge in [-0.2, -0.15) is 16.9 Å². The second kappa shape index (κ2) is 5.77.